The third-order valence-electron chi connectivity index (χ3n) is 3.45. The largest absolute Gasteiger partial charge is 0.494 e. The number of hydrazone groups is 1. The van der Waals surface area contributed by atoms with Crippen LogP contribution in [0.5, 0.6) is 5.75 Å². The number of hydrogen-bond acceptors (Lipinski definition) is 6. The molecule has 0 bridgehead atoms. The van der Waals surface area contributed by atoms with Crippen LogP contribution in [-0.4, -0.2) is 28.3 Å². The Morgan fingerprint density at radius 2 is 1.96 bits per heavy atom. The average molecular weight is 357 g/mol. The van der Waals surface area contributed by atoms with Crippen LogP contribution in [-0.2, 0) is 4.79 Å². The summed E-state index contributed by atoms with van der Waals surface area (Å²) >= 11 is 0. The van der Waals surface area contributed by atoms with Gasteiger partial charge in [0.15, 0.2) is 0 Å². The monoisotopic (exact) mass is 357 g/mol. The van der Waals surface area contributed by atoms with E-state index in [1.165, 1.54) is 12.1 Å². The van der Waals surface area contributed by atoms with Crippen molar-refractivity contribution < 1.29 is 19.6 Å². The summed E-state index contributed by atoms with van der Waals surface area (Å²) in [6, 6.07) is 13.1. The number of nitrogens with zero attached hydrogens (tertiary/aromatic N) is 2. The fourth-order valence-corrected chi connectivity index (χ4v) is 2.22. The minimum atomic E-state index is -0.931. The first-order valence-electron chi connectivity index (χ1n) is 8.01. The highest BCUT2D eigenvalue weighted by Gasteiger charge is 2.09. The molecule has 0 heterocycles. The fourth-order valence-electron chi connectivity index (χ4n) is 2.22. The van der Waals surface area contributed by atoms with E-state index in [0.717, 1.165) is 5.56 Å². The number of nitrogens with one attached hydrogen (secondary N) is 1. The number of nitro groups is 1. The van der Waals surface area contributed by atoms with Crippen LogP contribution < -0.4 is 10.2 Å². The quantitative estimate of drug-likeness (QED) is 0.402. The van der Waals surface area contributed by atoms with Crippen LogP contribution >= 0.6 is 0 Å². The molecule has 0 radical (unpaired) electrons. The van der Waals surface area contributed by atoms with E-state index in [4.69, 9.17) is 9.84 Å². The Balaban J connectivity index is 2.22. The third-order valence-corrected chi connectivity index (χ3v) is 3.45. The molecule has 0 amide bonds. The number of carboxylic acid groups (broad SMARTS) is 1. The second kappa shape index (κ2) is 9.16. The Morgan fingerprint density at radius 3 is 2.58 bits per heavy atom. The van der Waals surface area contributed by atoms with Gasteiger partial charge in [0.1, 0.15) is 5.75 Å². The van der Waals surface area contributed by atoms with E-state index in [1.54, 1.807) is 36.4 Å². The summed E-state index contributed by atoms with van der Waals surface area (Å²) in [5.74, 6) is -0.223. The lowest BCUT2D eigenvalue weighted by molar-refractivity contribution is -0.384. The van der Waals surface area contributed by atoms with Crippen molar-refractivity contribution in [3.8, 4) is 5.75 Å². The Morgan fingerprint density at radius 1 is 1.23 bits per heavy atom. The molecule has 136 valence electrons. The zero-order valence-corrected chi connectivity index (χ0v) is 14.2. The first kappa shape index (κ1) is 18.9. The molecule has 0 saturated carbocycles. The van der Waals surface area contributed by atoms with Gasteiger partial charge in [0.25, 0.3) is 5.69 Å². The molecule has 8 nitrogen and oxygen atoms in total. The van der Waals surface area contributed by atoms with E-state index in [1.807, 2.05) is 6.92 Å². The minimum absolute atomic E-state index is 0.0571. The van der Waals surface area contributed by atoms with Crippen LogP contribution in [0.15, 0.2) is 53.6 Å². The maximum atomic E-state index is 10.9. The van der Waals surface area contributed by atoms with Gasteiger partial charge in [0, 0.05) is 18.6 Å². The molecule has 0 unspecified atom stereocenters. The van der Waals surface area contributed by atoms with Crippen LogP contribution in [0.2, 0.25) is 0 Å². The van der Waals surface area contributed by atoms with Gasteiger partial charge in [-0.25, -0.2) is 0 Å². The molecule has 2 aromatic rings. The molecule has 0 aliphatic carbocycles. The highest BCUT2D eigenvalue weighted by molar-refractivity contribution is 6.02. The molecule has 0 fully saturated rings. The van der Waals surface area contributed by atoms with Crippen molar-refractivity contribution in [2.24, 2.45) is 5.10 Å². The van der Waals surface area contributed by atoms with E-state index in [2.05, 4.69) is 10.5 Å². The Hall–Kier alpha value is -3.42. The van der Waals surface area contributed by atoms with Crippen molar-refractivity contribution >= 4 is 23.1 Å². The minimum Gasteiger partial charge on any atom is -0.494 e. The predicted octanol–water partition coefficient (Wildman–Crippen LogP) is 3.67. The molecular weight excluding hydrogens is 338 g/mol. The van der Waals surface area contributed by atoms with Crippen molar-refractivity contribution in [1.82, 2.24) is 0 Å². The third kappa shape index (κ3) is 5.59. The summed E-state index contributed by atoms with van der Waals surface area (Å²) < 4.78 is 5.39. The second-order valence-electron chi connectivity index (χ2n) is 5.33. The smallest absolute Gasteiger partial charge is 0.303 e. The SMILES string of the molecule is CCOc1ccc(/C(CCC(=O)O)=N/Nc2cccc([N+](=O)[O-])c2)cc1. The van der Waals surface area contributed by atoms with Crippen molar-refractivity contribution in [2.45, 2.75) is 19.8 Å². The summed E-state index contributed by atoms with van der Waals surface area (Å²) in [6.07, 6.45) is 0.133. The lowest BCUT2D eigenvalue weighted by Crippen LogP contribution is -2.08. The molecular formula is C18H19N3O5. The average Bonchev–Trinajstić information content (AvgIpc) is 2.63. The van der Waals surface area contributed by atoms with Crippen LogP contribution in [0, 0.1) is 10.1 Å². The van der Waals surface area contributed by atoms with Crippen LogP contribution in [0.4, 0.5) is 11.4 Å². The van der Waals surface area contributed by atoms with Crippen LogP contribution in [0.3, 0.4) is 0 Å². The number of non-ortho nitro benzene ring substituents is 1. The van der Waals surface area contributed by atoms with Gasteiger partial charge in [-0.1, -0.05) is 6.07 Å². The standard InChI is InChI=1S/C18H19N3O5/c1-2-26-16-8-6-13(7-9-16)17(10-11-18(22)23)20-19-14-4-3-5-15(12-14)21(24)25/h3-9,12,19H,2,10-11H2,1H3,(H,22,23)/b20-17+. The van der Waals surface area contributed by atoms with Crippen molar-refractivity contribution in [2.75, 3.05) is 12.0 Å². The number of aliphatic carboxylic acids is 1. The molecule has 8 heteroatoms. The number of anilines is 1. The highest BCUT2D eigenvalue weighted by atomic mass is 16.6. The molecule has 0 aromatic heterocycles. The normalized spacial score (nSPS) is 11.0. The van der Waals surface area contributed by atoms with Crippen molar-refractivity contribution in [3.63, 3.8) is 0 Å². The van der Waals surface area contributed by atoms with Crippen molar-refractivity contribution in [1.29, 1.82) is 0 Å². The highest BCUT2D eigenvalue weighted by Crippen LogP contribution is 2.18. The number of hydrogen-bond donors (Lipinski definition) is 2. The predicted molar refractivity (Wildman–Crippen MR) is 97.7 cm³/mol. The molecule has 0 aliphatic rings. The van der Waals surface area contributed by atoms with Gasteiger partial charge in [-0.05, 0) is 42.8 Å². The molecule has 0 atom stereocenters. The fraction of sp³-hybridized carbons (Fsp3) is 0.222. The summed E-state index contributed by atoms with van der Waals surface area (Å²) in [5.41, 5.74) is 4.42. The first-order valence-corrected chi connectivity index (χ1v) is 8.01. The van der Waals surface area contributed by atoms with E-state index < -0.39 is 10.9 Å². The second-order valence-corrected chi connectivity index (χ2v) is 5.33. The zero-order valence-electron chi connectivity index (χ0n) is 14.2. The number of carbonyl (C=O) groups is 1. The van der Waals surface area contributed by atoms with E-state index in [0.29, 0.717) is 23.8 Å². The lowest BCUT2D eigenvalue weighted by Gasteiger charge is -2.09. The van der Waals surface area contributed by atoms with Crippen molar-refractivity contribution in [3.05, 3.63) is 64.2 Å². The molecule has 2 aromatic carbocycles. The van der Waals surface area contributed by atoms with Gasteiger partial charge < -0.3 is 9.84 Å². The Kier molecular flexibility index (Phi) is 6.67. The Labute approximate surface area is 150 Å². The summed E-state index contributed by atoms with van der Waals surface area (Å²) in [5, 5.41) is 24.0. The van der Waals surface area contributed by atoms with Crippen LogP contribution in [0.25, 0.3) is 0 Å². The molecule has 2 rings (SSSR count). The van der Waals surface area contributed by atoms with Gasteiger partial charge >= 0.3 is 5.97 Å². The lowest BCUT2D eigenvalue weighted by atomic mass is 10.1. The molecule has 0 saturated heterocycles. The summed E-state index contributed by atoms with van der Waals surface area (Å²) in [4.78, 5) is 21.2. The summed E-state index contributed by atoms with van der Waals surface area (Å²) in [7, 11) is 0. The topological polar surface area (TPSA) is 114 Å². The van der Waals surface area contributed by atoms with E-state index >= 15 is 0 Å². The zero-order chi connectivity index (χ0) is 18.9. The van der Waals surface area contributed by atoms with E-state index in [9.17, 15) is 14.9 Å². The van der Waals surface area contributed by atoms with Gasteiger partial charge in [0.05, 0.1) is 29.4 Å². The molecule has 0 aliphatic heterocycles. The molecule has 0 spiro atoms. The maximum Gasteiger partial charge on any atom is 0.303 e. The van der Waals surface area contributed by atoms with Crippen LogP contribution in [0.1, 0.15) is 25.3 Å². The Bertz CT molecular complexity index is 803. The van der Waals surface area contributed by atoms with Gasteiger partial charge in [-0.15, -0.1) is 0 Å². The van der Waals surface area contributed by atoms with Gasteiger partial charge in [-0.3, -0.25) is 20.3 Å². The number of nitro benzene ring substituents is 1. The number of ether oxygens (including phenoxy) is 1. The molecule has 26 heavy (non-hydrogen) atoms. The van der Waals surface area contributed by atoms with Gasteiger partial charge in [0.2, 0.25) is 0 Å². The number of benzene rings is 2. The van der Waals surface area contributed by atoms with E-state index in [-0.39, 0.29) is 18.5 Å². The number of rotatable bonds is 9. The summed E-state index contributed by atoms with van der Waals surface area (Å²) in [6.45, 7) is 2.43. The number of carboxylic acids is 1. The maximum absolute atomic E-state index is 10.9. The molecule has 2 N–H and O–H groups in total. The first-order chi connectivity index (χ1) is 12.5. The van der Waals surface area contributed by atoms with Gasteiger partial charge in [-0.2, -0.15) is 5.10 Å².